The Morgan fingerprint density at radius 2 is 2.20 bits per heavy atom. The van der Waals surface area contributed by atoms with Gasteiger partial charge in [0.2, 0.25) is 0 Å². The predicted molar refractivity (Wildman–Crippen MR) is 34.0 cm³/mol. The molecule has 0 atom stereocenters. The van der Waals surface area contributed by atoms with E-state index in [4.69, 9.17) is 0 Å². The number of aromatic nitrogens is 1. The second kappa shape index (κ2) is 1.73. The van der Waals surface area contributed by atoms with Crippen molar-refractivity contribution in [2.45, 2.75) is 0 Å². The van der Waals surface area contributed by atoms with Crippen LogP contribution in [-0.4, -0.2) is 0 Å². The second-order valence-corrected chi connectivity index (χ2v) is 1.96. The summed E-state index contributed by atoms with van der Waals surface area (Å²) >= 11 is 0. The summed E-state index contributed by atoms with van der Waals surface area (Å²) in [5, 5.41) is 11.2. The van der Waals surface area contributed by atoms with E-state index >= 15 is 0 Å². The van der Waals surface area contributed by atoms with Gasteiger partial charge in [-0.05, 0) is 12.1 Å². The summed E-state index contributed by atoms with van der Waals surface area (Å²) in [5.41, 5.74) is 0.567. The van der Waals surface area contributed by atoms with E-state index in [0.29, 0.717) is 15.9 Å². The molecular formula is C7H4NO2. The maximum absolute atomic E-state index is 10.5. The van der Waals surface area contributed by atoms with E-state index < -0.39 is 0 Å². The molecule has 0 spiro atoms. The molecule has 0 N–H and O–H groups in total. The van der Waals surface area contributed by atoms with Gasteiger partial charge in [0, 0.05) is 0 Å². The third-order valence-electron chi connectivity index (χ3n) is 1.28. The summed E-state index contributed by atoms with van der Waals surface area (Å²) in [4.78, 5) is 0.324. The molecule has 0 aliphatic rings. The molecule has 1 aromatic heterocycles. The predicted octanol–water partition coefficient (Wildman–Crippen LogP) is 0.866. The zero-order valence-corrected chi connectivity index (χ0v) is 5.07. The van der Waals surface area contributed by atoms with Gasteiger partial charge in [-0.3, -0.25) is 5.21 Å². The molecule has 0 amide bonds. The van der Waals surface area contributed by atoms with E-state index in [1.807, 2.05) is 6.07 Å². The summed E-state index contributed by atoms with van der Waals surface area (Å²) in [6, 6.07) is 7.13. The van der Waals surface area contributed by atoms with Crippen LogP contribution in [0.1, 0.15) is 0 Å². The van der Waals surface area contributed by atoms with Crippen LogP contribution in [0.2, 0.25) is 0 Å². The molecule has 0 saturated heterocycles. The summed E-state index contributed by atoms with van der Waals surface area (Å²) in [7, 11) is 0. The van der Waals surface area contributed by atoms with E-state index in [0.717, 1.165) is 0 Å². The molecule has 0 saturated carbocycles. The Bertz CT molecular complexity index is 320. The van der Waals surface area contributed by atoms with Gasteiger partial charge in [0.05, 0.1) is 15.9 Å². The molecule has 0 aliphatic carbocycles. The summed E-state index contributed by atoms with van der Waals surface area (Å²) < 4.78 is 4.67. The topological polar surface area (TPSA) is 40.1 Å². The molecule has 0 aliphatic heterocycles. The SMILES string of the molecule is [O-][n+]1[c]c2ccccc2o1. The van der Waals surface area contributed by atoms with Crippen molar-refractivity contribution in [2.24, 2.45) is 0 Å². The second-order valence-electron chi connectivity index (χ2n) is 1.96. The van der Waals surface area contributed by atoms with Crippen LogP contribution in [0.25, 0.3) is 11.0 Å². The molecule has 0 fully saturated rings. The molecule has 1 aromatic carbocycles. The summed E-state index contributed by atoms with van der Waals surface area (Å²) in [5.74, 6) is 0. The highest BCUT2D eigenvalue weighted by Gasteiger charge is 2.00. The lowest BCUT2D eigenvalue weighted by Crippen LogP contribution is -2.20. The maximum atomic E-state index is 10.5. The molecule has 49 valence electrons. The fourth-order valence-corrected chi connectivity index (χ4v) is 0.849. The lowest BCUT2D eigenvalue weighted by molar-refractivity contribution is -0.791. The van der Waals surface area contributed by atoms with Crippen molar-refractivity contribution in [1.82, 2.24) is 0 Å². The van der Waals surface area contributed by atoms with Gasteiger partial charge in [0.1, 0.15) is 0 Å². The van der Waals surface area contributed by atoms with E-state index in [1.165, 1.54) is 0 Å². The van der Waals surface area contributed by atoms with Crippen molar-refractivity contribution in [1.29, 1.82) is 0 Å². The van der Waals surface area contributed by atoms with Crippen LogP contribution in [-0.2, 0) is 0 Å². The number of hydrogen-bond donors (Lipinski definition) is 0. The average Bonchev–Trinajstić information content (AvgIpc) is 2.27. The van der Waals surface area contributed by atoms with Crippen LogP contribution in [0, 0.1) is 11.4 Å². The number of nitrogens with zero attached hydrogens (tertiary/aromatic N) is 1. The Hall–Kier alpha value is -1.51. The molecule has 3 nitrogen and oxygen atoms in total. The molecule has 1 radical (unpaired) electrons. The van der Waals surface area contributed by atoms with Gasteiger partial charge in [-0.25, -0.2) is 0 Å². The fraction of sp³-hybridized carbons (Fsp3) is 0. The monoisotopic (exact) mass is 134 g/mol. The number of hydrogen-bond acceptors (Lipinski definition) is 2. The molecular weight excluding hydrogens is 130 g/mol. The standard InChI is InChI=1S/C7H4NO2/c9-8-5-6-3-1-2-4-7(6)10-8/h1-4H. The van der Waals surface area contributed by atoms with E-state index in [-0.39, 0.29) is 0 Å². The van der Waals surface area contributed by atoms with Gasteiger partial charge in [-0.1, -0.05) is 12.1 Å². The average molecular weight is 134 g/mol. The zero-order chi connectivity index (χ0) is 6.97. The largest absolute Gasteiger partial charge is 0.366 e. The van der Waals surface area contributed by atoms with Crippen LogP contribution >= 0.6 is 0 Å². The summed E-state index contributed by atoms with van der Waals surface area (Å²) in [6.07, 6.45) is 2.45. The fourth-order valence-electron chi connectivity index (χ4n) is 0.849. The molecule has 1 heterocycles. The van der Waals surface area contributed by atoms with Crippen molar-refractivity contribution in [2.75, 3.05) is 0 Å². The first-order valence-corrected chi connectivity index (χ1v) is 2.87. The quantitative estimate of drug-likeness (QED) is 0.501. The van der Waals surface area contributed by atoms with Crippen molar-refractivity contribution < 1.29 is 9.43 Å². The number of benzene rings is 1. The zero-order valence-electron chi connectivity index (χ0n) is 5.07. The Balaban J connectivity index is 2.88. The van der Waals surface area contributed by atoms with Gasteiger partial charge in [0.15, 0.2) is 0 Å². The number of fused-ring (bicyclic) bond motifs is 1. The molecule has 2 rings (SSSR count). The number of rotatable bonds is 0. The molecule has 2 aromatic rings. The minimum absolute atomic E-state index is 0.324. The highest BCUT2D eigenvalue weighted by atomic mass is 16.7. The first kappa shape index (κ1) is 5.29. The molecule has 0 bridgehead atoms. The van der Waals surface area contributed by atoms with Gasteiger partial charge in [-0.2, -0.15) is 0 Å². The van der Waals surface area contributed by atoms with Crippen LogP contribution < -0.4 is 4.90 Å². The van der Waals surface area contributed by atoms with Crippen LogP contribution in [0.3, 0.4) is 0 Å². The molecule has 0 unspecified atom stereocenters. The summed E-state index contributed by atoms with van der Waals surface area (Å²) in [6.45, 7) is 0. The van der Waals surface area contributed by atoms with Crippen molar-refractivity contribution >= 4 is 11.0 Å². The first-order chi connectivity index (χ1) is 4.86. The highest BCUT2D eigenvalue weighted by Crippen LogP contribution is 2.08. The Morgan fingerprint density at radius 1 is 1.40 bits per heavy atom. The third kappa shape index (κ3) is 0.639. The van der Waals surface area contributed by atoms with E-state index in [2.05, 4.69) is 10.7 Å². The van der Waals surface area contributed by atoms with Gasteiger partial charge >= 0.3 is 6.20 Å². The third-order valence-corrected chi connectivity index (χ3v) is 1.28. The van der Waals surface area contributed by atoms with E-state index in [1.54, 1.807) is 18.2 Å². The Kier molecular flexibility index (Phi) is 0.917. The van der Waals surface area contributed by atoms with Crippen LogP contribution in [0.15, 0.2) is 28.8 Å². The first-order valence-electron chi connectivity index (χ1n) is 2.87. The normalized spacial score (nSPS) is 10.4. The van der Waals surface area contributed by atoms with Crippen LogP contribution in [0.5, 0.6) is 0 Å². The van der Waals surface area contributed by atoms with E-state index in [9.17, 15) is 5.21 Å². The molecule has 10 heavy (non-hydrogen) atoms. The minimum atomic E-state index is 0.324. The van der Waals surface area contributed by atoms with Crippen LogP contribution in [0.4, 0.5) is 0 Å². The number of para-hydroxylation sites is 1. The van der Waals surface area contributed by atoms with Crippen molar-refractivity contribution in [3.8, 4) is 0 Å². The lowest BCUT2D eigenvalue weighted by atomic mass is 10.3. The Morgan fingerprint density at radius 3 is 3.00 bits per heavy atom. The lowest BCUT2D eigenvalue weighted by Gasteiger charge is -1.81. The van der Waals surface area contributed by atoms with Crippen molar-refractivity contribution in [3.05, 3.63) is 35.7 Å². The van der Waals surface area contributed by atoms with Gasteiger partial charge in [-0.15, -0.1) is 0 Å². The maximum Gasteiger partial charge on any atom is 0.354 e. The highest BCUT2D eigenvalue weighted by molar-refractivity contribution is 5.73. The molecule has 3 heteroatoms. The Labute approximate surface area is 57.0 Å². The smallest absolute Gasteiger partial charge is 0.354 e. The van der Waals surface area contributed by atoms with Crippen molar-refractivity contribution in [3.63, 3.8) is 0 Å². The van der Waals surface area contributed by atoms with Gasteiger partial charge in [0.25, 0.3) is 0 Å². The minimum Gasteiger partial charge on any atom is -0.366 e. The van der Waals surface area contributed by atoms with Gasteiger partial charge < -0.3 is 4.52 Å².